The summed E-state index contributed by atoms with van der Waals surface area (Å²) in [5.41, 5.74) is 2.04. The van der Waals surface area contributed by atoms with Crippen LogP contribution in [0.2, 0.25) is 10.0 Å². The first kappa shape index (κ1) is 29.5. The van der Waals surface area contributed by atoms with Crippen LogP contribution >= 0.6 is 23.2 Å². The molecule has 2 aromatic carbocycles. The van der Waals surface area contributed by atoms with Crippen molar-refractivity contribution >= 4 is 29.2 Å². The molecule has 0 bridgehead atoms. The Morgan fingerprint density at radius 2 is 1.74 bits per heavy atom. The Bertz CT molecular complexity index is 911. The van der Waals surface area contributed by atoms with E-state index in [1.54, 1.807) is 30.3 Å². The molecule has 0 heterocycles. The Morgan fingerprint density at radius 1 is 0.971 bits per heavy atom. The maximum atomic E-state index is 11.1. The molecule has 0 aliphatic heterocycles. The zero-order chi connectivity index (χ0) is 25.5. The van der Waals surface area contributed by atoms with Gasteiger partial charge in [0, 0.05) is 35.7 Å². The number of nitrogens with one attached hydrogen (secondary N) is 1. The van der Waals surface area contributed by atoms with Gasteiger partial charge in [0.2, 0.25) is 0 Å². The van der Waals surface area contributed by atoms with Gasteiger partial charge in [-0.1, -0.05) is 48.2 Å². The van der Waals surface area contributed by atoms with Crippen LogP contribution in [-0.2, 0) is 27.5 Å². The lowest BCUT2D eigenvalue weighted by Gasteiger charge is -2.15. The van der Waals surface area contributed by atoms with Gasteiger partial charge in [-0.2, -0.15) is 0 Å². The number of carbonyl (C=O) groups excluding carboxylic acids is 1. The van der Waals surface area contributed by atoms with Crippen LogP contribution in [0.15, 0.2) is 36.4 Å². The van der Waals surface area contributed by atoms with Crippen molar-refractivity contribution in [2.45, 2.75) is 51.9 Å². The number of hydrogen-bond donors (Lipinski definition) is 3. The lowest BCUT2D eigenvalue weighted by Crippen LogP contribution is -2.22. The fraction of sp³-hybridized carbons (Fsp3) is 0.500. The van der Waals surface area contributed by atoms with Gasteiger partial charge in [-0.3, -0.25) is 4.79 Å². The topological polar surface area (TPSA) is 97.3 Å². The first-order chi connectivity index (χ1) is 16.9. The maximum absolute atomic E-state index is 11.1. The first-order valence-corrected chi connectivity index (χ1v) is 12.6. The van der Waals surface area contributed by atoms with E-state index in [1.165, 1.54) is 6.92 Å². The highest BCUT2D eigenvalue weighted by atomic mass is 35.5. The highest BCUT2D eigenvalue weighted by molar-refractivity contribution is 6.35. The van der Waals surface area contributed by atoms with Crippen molar-refractivity contribution in [2.75, 3.05) is 32.9 Å². The molecule has 0 aliphatic rings. The average Bonchev–Trinajstić information content (AvgIpc) is 2.82. The van der Waals surface area contributed by atoms with Crippen LogP contribution < -0.4 is 10.1 Å². The molecule has 1 atom stereocenters. The number of rotatable bonds is 17. The van der Waals surface area contributed by atoms with Crippen molar-refractivity contribution in [3.05, 3.63) is 63.1 Å². The summed E-state index contributed by atoms with van der Waals surface area (Å²) in [6.07, 6.45) is 3.43. The van der Waals surface area contributed by atoms with Gasteiger partial charge in [-0.15, -0.1) is 0 Å². The van der Waals surface area contributed by atoms with E-state index in [9.17, 15) is 15.0 Å². The third-order valence-corrected chi connectivity index (χ3v) is 5.85. The summed E-state index contributed by atoms with van der Waals surface area (Å²) >= 11 is 12.0. The van der Waals surface area contributed by atoms with E-state index >= 15 is 0 Å². The van der Waals surface area contributed by atoms with Gasteiger partial charge in [0.1, 0.15) is 5.75 Å². The largest absolute Gasteiger partial charge is 0.426 e. The molecular formula is C26H35Cl2NO6. The van der Waals surface area contributed by atoms with Gasteiger partial charge in [0.15, 0.2) is 0 Å². The number of aliphatic hydroxyl groups is 2. The Labute approximate surface area is 217 Å². The van der Waals surface area contributed by atoms with Gasteiger partial charge in [0.05, 0.1) is 32.5 Å². The summed E-state index contributed by atoms with van der Waals surface area (Å²) in [5.74, 6) is -0.144. The van der Waals surface area contributed by atoms with E-state index in [1.807, 2.05) is 6.07 Å². The predicted molar refractivity (Wildman–Crippen MR) is 137 cm³/mol. The molecule has 9 heteroatoms. The molecule has 194 valence electrons. The normalized spacial score (nSPS) is 12.0. The van der Waals surface area contributed by atoms with Crippen molar-refractivity contribution in [3.63, 3.8) is 0 Å². The number of unbranched alkanes of at least 4 members (excludes halogenated alkanes) is 3. The minimum Gasteiger partial charge on any atom is -0.426 e. The molecule has 0 fully saturated rings. The van der Waals surface area contributed by atoms with E-state index < -0.39 is 12.1 Å². The lowest BCUT2D eigenvalue weighted by molar-refractivity contribution is -0.131. The van der Waals surface area contributed by atoms with E-state index in [0.29, 0.717) is 59.9 Å². The second kappa shape index (κ2) is 16.9. The highest BCUT2D eigenvalue weighted by Crippen LogP contribution is 2.24. The quantitative estimate of drug-likeness (QED) is 0.154. The minimum atomic E-state index is -0.710. The Balaban J connectivity index is 1.46. The van der Waals surface area contributed by atoms with Crippen molar-refractivity contribution in [3.8, 4) is 5.75 Å². The fourth-order valence-corrected chi connectivity index (χ4v) is 3.85. The van der Waals surface area contributed by atoms with Gasteiger partial charge in [-0.05, 0) is 54.8 Å². The number of esters is 1. The molecule has 0 aliphatic carbocycles. The number of benzene rings is 2. The molecule has 2 rings (SSSR count). The van der Waals surface area contributed by atoms with Crippen molar-refractivity contribution < 1.29 is 29.2 Å². The Hall–Kier alpha value is -1.71. The van der Waals surface area contributed by atoms with Crippen molar-refractivity contribution in [1.82, 2.24) is 5.32 Å². The van der Waals surface area contributed by atoms with E-state index in [-0.39, 0.29) is 6.61 Å². The number of aliphatic hydroxyl groups excluding tert-OH is 2. The smallest absolute Gasteiger partial charge is 0.308 e. The van der Waals surface area contributed by atoms with Crippen LogP contribution in [0.25, 0.3) is 0 Å². The van der Waals surface area contributed by atoms with Gasteiger partial charge in [-0.25, -0.2) is 0 Å². The zero-order valence-electron chi connectivity index (χ0n) is 20.1. The SMILES string of the molecule is CC(=O)Oc1ccc([C@@H](O)CNCCCCCCOCCOCc2ccc(Cl)cc2Cl)cc1CO. The Kier molecular flexibility index (Phi) is 14.2. The van der Waals surface area contributed by atoms with Crippen molar-refractivity contribution in [1.29, 1.82) is 0 Å². The van der Waals surface area contributed by atoms with E-state index in [2.05, 4.69) is 5.32 Å². The summed E-state index contributed by atoms with van der Waals surface area (Å²) in [6.45, 7) is 4.43. The summed E-state index contributed by atoms with van der Waals surface area (Å²) in [5, 5.41) is 24.3. The monoisotopic (exact) mass is 527 g/mol. The number of ether oxygens (including phenoxy) is 3. The standard InChI is InChI=1S/C26H35Cl2NO6/c1-19(31)35-26-9-7-20(14-22(26)17-30)25(32)16-29-10-4-2-3-5-11-33-12-13-34-18-21-6-8-23(27)15-24(21)28/h6-9,14-15,25,29-30,32H,2-5,10-13,16-18H2,1H3/t25-/m0/s1. The molecule has 3 N–H and O–H groups in total. The second-order valence-corrected chi connectivity index (χ2v) is 9.00. The van der Waals surface area contributed by atoms with Gasteiger partial charge < -0.3 is 29.7 Å². The maximum Gasteiger partial charge on any atom is 0.308 e. The summed E-state index contributed by atoms with van der Waals surface area (Å²) in [4.78, 5) is 11.1. The van der Waals surface area contributed by atoms with Crippen LogP contribution in [0.4, 0.5) is 0 Å². The highest BCUT2D eigenvalue weighted by Gasteiger charge is 2.12. The van der Waals surface area contributed by atoms with Crippen LogP contribution in [0, 0.1) is 0 Å². The molecular weight excluding hydrogens is 493 g/mol. The molecule has 0 amide bonds. The summed E-state index contributed by atoms with van der Waals surface area (Å²) in [6, 6.07) is 10.3. The van der Waals surface area contributed by atoms with Gasteiger partial charge in [0.25, 0.3) is 0 Å². The molecule has 2 aromatic rings. The number of halogens is 2. The molecule has 7 nitrogen and oxygen atoms in total. The van der Waals surface area contributed by atoms with Gasteiger partial charge >= 0.3 is 5.97 Å². The van der Waals surface area contributed by atoms with Crippen LogP contribution in [0.3, 0.4) is 0 Å². The molecule has 0 radical (unpaired) electrons. The third-order valence-electron chi connectivity index (χ3n) is 5.27. The fourth-order valence-electron chi connectivity index (χ4n) is 3.39. The van der Waals surface area contributed by atoms with E-state index in [0.717, 1.165) is 37.8 Å². The molecule has 0 spiro atoms. The molecule has 0 saturated heterocycles. The minimum absolute atomic E-state index is 0.272. The first-order valence-electron chi connectivity index (χ1n) is 11.8. The number of hydrogen-bond acceptors (Lipinski definition) is 7. The number of carbonyl (C=O) groups is 1. The van der Waals surface area contributed by atoms with Crippen LogP contribution in [-0.4, -0.2) is 49.1 Å². The third kappa shape index (κ3) is 11.7. The molecule has 0 aromatic heterocycles. The summed E-state index contributed by atoms with van der Waals surface area (Å²) < 4.78 is 16.2. The zero-order valence-corrected chi connectivity index (χ0v) is 21.6. The predicted octanol–water partition coefficient (Wildman–Crippen LogP) is 4.83. The van der Waals surface area contributed by atoms with Crippen LogP contribution in [0.5, 0.6) is 5.75 Å². The molecule has 0 saturated carbocycles. The molecule has 0 unspecified atom stereocenters. The lowest BCUT2D eigenvalue weighted by atomic mass is 10.1. The van der Waals surface area contributed by atoms with Crippen molar-refractivity contribution in [2.24, 2.45) is 0 Å². The van der Waals surface area contributed by atoms with E-state index in [4.69, 9.17) is 37.4 Å². The van der Waals surface area contributed by atoms with Crippen LogP contribution in [0.1, 0.15) is 55.4 Å². The second-order valence-electron chi connectivity index (χ2n) is 8.15. The Morgan fingerprint density at radius 3 is 2.49 bits per heavy atom. The summed E-state index contributed by atoms with van der Waals surface area (Å²) in [7, 11) is 0. The molecule has 35 heavy (non-hydrogen) atoms. The average molecular weight is 528 g/mol.